The summed E-state index contributed by atoms with van der Waals surface area (Å²) in [6, 6.07) is -8.14. The van der Waals surface area contributed by atoms with Gasteiger partial charge < -0.3 is 58.1 Å². The standard InChI is InChI=1S/C34H57N9O12S/c1-16(2)12-21(34(54)55)40-31(51)23-8-7-11-43(23)33(53)20(9-10-26(46)47)39-30(50)22(15-56)41-32(52)27(17(3)4)42-25(45)14-36-24(44)13-37-29(49)19(6)38-28(48)18(5)35/h16-23,27,56H,7-15,35H2,1-6H3,(H,36,44)(H,37,49)(H,38,48)(H,39,50)(H,40,51)(H,41,52)(H,42,45)(H,46,47)(H,54,55)/t18-,19-,20-,21-,22-,23-,27-/m0/s1. The van der Waals surface area contributed by atoms with Gasteiger partial charge in [0.15, 0.2) is 0 Å². The molecule has 1 rings (SSSR count). The lowest BCUT2D eigenvalue weighted by molar-refractivity contribution is -0.145. The molecule has 8 amide bonds. The summed E-state index contributed by atoms with van der Waals surface area (Å²) >= 11 is 4.15. The van der Waals surface area contributed by atoms with Crippen molar-refractivity contribution in [1.82, 2.24) is 42.1 Å². The Morgan fingerprint density at radius 3 is 1.88 bits per heavy atom. The Morgan fingerprint density at radius 1 is 0.732 bits per heavy atom. The first-order chi connectivity index (χ1) is 26.1. The van der Waals surface area contributed by atoms with E-state index < -0.39 is 127 Å². The second kappa shape index (κ2) is 23.8. The van der Waals surface area contributed by atoms with Crippen LogP contribution < -0.4 is 43.0 Å². The van der Waals surface area contributed by atoms with Crippen molar-refractivity contribution in [1.29, 1.82) is 0 Å². The van der Waals surface area contributed by atoms with Gasteiger partial charge in [0.25, 0.3) is 0 Å². The van der Waals surface area contributed by atoms with Crippen LogP contribution in [0.15, 0.2) is 0 Å². The number of hydrogen-bond acceptors (Lipinski definition) is 12. The van der Waals surface area contributed by atoms with Crippen molar-refractivity contribution in [2.24, 2.45) is 17.6 Å². The number of aliphatic carboxylic acids is 2. The number of thiol groups is 1. The molecule has 56 heavy (non-hydrogen) atoms. The van der Waals surface area contributed by atoms with E-state index in [9.17, 15) is 58.2 Å². The number of hydrogen-bond donors (Lipinski definition) is 11. The molecular formula is C34H57N9O12S. The molecule has 1 aliphatic rings. The van der Waals surface area contributed by atoms with E-state index in [1.54, 1.807) is 27.7 Å². The Balaban J connectivity index is 2.93. The summed E-state index contributed by atoms with van der Waals surface area (Å²) in [5, 5.41) is 35.7. The van der Waals surface area contributed by atoms with Gasteiger partial charge >= 0.3 is 11.9 Å². The van der Waals surface area contributed by atoms with Crippen LogP contribution in [-0.2, 0) is 47.9 Å². The van der Waals surface area contributed by atoms with Crippen molar-refractivity contribution in [3.05, 3.63) is 0 Å². The number of carbonyl (C=O) groups excluding carboxylic acids is 8. The number of nitrogens with one attached hydrogen (secondary N) is 7. The summed E-state index contributed by atoms with van der Waals surface area (Å²) in [5.74, 6) is -9.35. The van der Waals surface area contributed by atoms with Gasteiger partial charge in [-0.1, -0.05) is 27.7 Å². The molecule has 0 aromatic heterocycles. The van der Waals surface area contributed by atoms with Gasteiger partial charge in [0, 0.05) is 18.7 Å². The first-order valence-corrected chi connectivity index (χ1v) is 18.9. The van der Waals surface area contributed by atoms with Crippen LogP contribution in [-0.4, -0.2) is 142 Å². The number of nitrogens with two attached hydrogens (primary N) is 1. The van der Waals surface area contributed by atoms with Crippen LogP contribution in [0, 0.1) is 11.8 Å². The third kappa shape index (κ3) is 16.8. The molecular weight excluding hydrogens is 758 g/mol. The highest BCUT2D eigenvalue weighted by Gasteiger charge is 2.40. The Labute approximate surface area is 330 Å². The average Bonchev–Trinajstić information content (AvgIpc) is 3.61. The second-order valence-electron chi connectivity index (χ2n) is 14.3. The zero-order chi connectivity index (χ0) is 42.9. The van der Waals surface area contributed by atoms with Gasteiger partial charge in [-0.2, -0.15) is 12.6 Å². The smallest absolute Gasteiger partial charge is 0.326 e. The van der Waals surface area contributed by atoms with Crippen molar-refractivity contribution in [3.63, 3.8) is 0 Å². The van der Waals surface area contributed by atoms with Gasteiger partial charge in [0.05, 0.1) is 19.1 Å². The minimum Gasteiger partial charge on any atom is -0.481 e. The molecule has 0 spiro atoms. The van der Waals surface area contributed by atoms with Crippen LogP contribution in [0.25, 0.3) is 0 Å². The van der Waals surface area contributed by atoms with E-state index in [1.807, 2.05) is 0 Å². The fraction of sp³-hybridized carbons (Fsp3) is 0.706. The first kappa shape index (κ1) is 49.0. The minimum atomic E-state index is -1.44. The quantitative estimate of drug-likeness (QED) is 0.0449. The number of carboxylic acid groups (broad SMARTS) is 2. The Kier molecular flexibility index (Phi) is 20.9. The summed E-state index contributed by atoms with van der Waals surface area (Å²) in [6.45, 7) is 8.57. The van der Waals surface area contributed by atoms with Crippen molar-refractivity contribution in [2.45, 2.75) is 116 Å². The van der Waals surface area contributed by atoms with Crippen LogP contribution in [0.3, 0.4) is 0 Å². The molecule has 0 unspecified atom stereocenters. The van der Waals surface area contributed by atoms with Crippen molar-refractivity contribution >= 4 is 71.8 Å². The van der Waals surface area contributed by atoms with E-state index in [0.29, 0.717) is 6.42 Å². The lowest BCUT2D eigenvalue weighted by atomic mass is 10.0. The summed E-state index contributed by atoms with van der Waals surface area (Å²) < 4.78 is 0. The molecule has 0 radical (unpaired) electrons. The van der Waals surface area contributed by atoms with Gasteiger partial charge in [-0.3, -0.25) is 43.2 Å². The van der Waals surface area contributed by atoms with E-state index in [2.05, 4.69) is 49.8 Å². The maximum Gasteiger partial charge on any atom is 0.326 e. The third-order valence-corrected chi connectivity index (χ3v) is 8.90. The molecule has 1 fully saturated rings. The molecule has 316 valence electrons. The topological polar surface area (TPSA) is 325 Å². The van der Waals surface area contributed by atoms with Crippen LogP contribution >= 0.6 is 12.6 Å². The SMILES string of the molecule is CC(C)C[C@H](NC(=O)[C@@H]1CCCN1C(=O)[C@H](CCC(=O)O)NC(=O)[C@H](CS)NC(=O)[C@@H](NC(=O)CNC(=O)CNC(=O)[C@H](C)NC(=O)[C@H](C)N)C(C)C)C(=O)O. The monoisotopic (exact) mass is 815 g/mol. The zero-order valence-electron chi connectivity index (χ0n) is 32.5. The molecule has 22 heteroatoms. The second-order valence-corrected chi connectivity index (χ2v) is 14.6. The Hall–Kier alpha value is -4.99. The lowest BCUT2D eigenvalue weighted by Crippen LogP contribution is -2.60. The predicted octanol–water partition coefficient (Wildman–Crippen LogP) is -3.42. The summed E-state index contributed by atoms with van der Waals surface area (Å²) in [6.07, 6.45) is -0.165. The molecule has 0 saturated carbocycles. The lowest BCUT2D eigenvalue weighted by Gasteiger charge is -2.30. The number of likely N-dealkylation sites (tertiary alicyclic amines) is 1. The number of carbonyl (C=O) groups is 10. The maximum absolute atomic E-state index is 13.7. The predicted molar refractivity (Wildman–Crippen MR) is 202 cm³/mol. The van der Waals surface area contributed by atoms with Crippen LogP contribution in [0.4, 0.5) is 0 Å². The van der Waals surface area contributed by atoms with Crippen molar-refractivity contribution < 1.29 is 58.2 Å². The van der Waals surface area contributed by atoms with E-state index in [0.717, 1.165) is 0 Å². The normalized spacial score (nSPS) is 17.0. The van der Waals surface area contributed by atoms with Crippen molar-refractivity contribution in [2.75, 3.05) is 25.4 Å². The maximum atomic E-state index is 13.7. The fourth-order valence-electron chi connectivity index (χ4n) is 5.45. The molecule has 1 heterocycles. The number of nitrogens with zero attached hydrogens (tertiary/aromatic N) is 1. The number of carboxylic acids is 2. The molecule has 11 N–H and O–H groups in total. The van der Waals surface area contributed by atoms with Gasteiger partial charge in [-0.05, 0) is 51.4 Å². The van der Waals surface area contributed by atoms with E-state index in [4.69, 9.17) is 5.73 Å². The highest BCUT2D eigenvalue weighted by atomic mass is 32.1. The first-order valence-electron chi connectivity index (χ1n) is 18.3. The van der Waals surface area contributed by atoms with E-state index in [-0.39, 0.29) is 37.5 Å². The Morgan fingerprint density at radius 2 is 1.34 bits per heavy atom. The van der Waals surface area contributed by atoms with Gasteiger partial charge in [-0.15, -0.1) is 0 Å². The van der Waals surface area contributed by atoms with Crippen LogP contribution in [0.1, 0.15) is 73.6 Å². The fourth-order valence-corrected chi connectivity index (χ4v) is 5.71. The third-order valence-electron chi connectivity index (χ3n) is 8.54. The summed E-state index contributed by atoms with van der Waals surface area (Å²) in [7, 11) is 0. The average molecular weight is 816 g/mol. The molecule has 21 nitrogen and oxygen atoms in total. The largest absolute Gasteiger partial charge is 0.481 e. The summed E-state index contributed by atoms with van der Waals surface area (Å²) in [4.78, 5) is 127. The highest BCUT2D eigenvalue weighted by molar-refractivity contribution is 7.80. The molecule has 1 saturated heterocycles. The summed E-state index contributed by atoms with van der Waals surface area (Å²) in [5.41, 5.74) is 5.45. The van der Waals surface area contributed by atoms with Gasteiger partial charge in [0.1, 0.15) is 36.3 Å². The van der Waals surface area contributed by atoms with E-state index in [1.165, 1.54) is 18.7 Å². The van der Waals surface area contributed by atoms with Crippen LogP contribution in [0.2, 0.25) is 0 Å². The number of amides is 8. The van der Waals surface area contributed by atoms with Crippen molar-refractivity contribution in [3.8, 4) is 0 Å². The molecule has 0 aliphatic carbocycles. The Bertz CT molecular complexity index is 1460. The molecule has 1 aliphatic heterocycles. The zero-order valence-corrected chi connectivity index (χ0v) is 33.4. The molecule has 0 aromatic rings. The van der Waals surface area contributed by atoms with Gasteiger partial charge in [0.2, 0.25) is 47.3 Å². The van der Waals surface area contributed by atoms with Crippen LogP contribution in [0.5, 0.6) is 0 Å². The van der Waals surface area contributed by atoms with Gasteiger partial charge in [-0.25, -0.2) is 4.79 Å². The molecule has 0 aromatic carbocycles. The minimum absolute atomic E-state index is 0.0555. The highest BCUT2D eigenvalue weighted by Crippen LogP contribution is 2.21. The molecule has 0 bridgehead atoms. The number of rotatable bonds is 23. The molecule has 7 atom stereocenters. The van der Waals surface area contributed by atoms with E-state index >= 15 is 0 Å².